The van der Waals surface area contributed by atoms with Gasteiger partial charge in [-0.05, 0) is 55.8 Å². The van der Waals surface area contributed by atoms with E-state index in [1.165, 1.54) is 0 Å². The van der Waals surface area contributed by atoms with Crippen molar-refractivity contribution in [2.45, 2.75) is 70.5 Å². The second-order valence-electron chi connectivity index (χ2n) is 9.10. The lowest BCUT2D eigenvalue weighted by atomic mass is 9.46. The van der Waals surface area contributed by atoms with Gasteiger partial charge in [-0.15, -0.1) is 6.42 Å². The van der Waals surface area contributed by atoms with Crippen LogP contribution in [-0.4, -0.2) is 27.7 Å². The first kappa shape index (κ1) is 16.4. The second-order valence-corrected chi connectivity index (χ2v) is 9.10. The van der Waals surface area contributed by atoms with E-state index in [4.69, 9.17) is 6.42 Å². The molecule has 0 amide bonds. The summed E-state index contributed by atoms with van der Waals surface area (Å²) in [5, 5.41) is 21.0. The van der Waals surface area contributed by atoms with Crippen molar-refractivity contribution in [3.8, 4) is 12.3 Å². The first-order valence-corrected chi connectivity index (χ1v) is 9.37. The Morgan fingerprint density at radius 3 is 2.58 bits per heavy atom. The molecule has 0 bridgehead atoms. The number of carbonyl (C=O) groups is 1. The number of aliphatic hydroxyl groups is 2. The number of rotatable bonds is 0. The van der Waals surface area contributed by atoms with Crippen molar-refractivity contribution in [3.05, 3.63) is 11.6 Å². The molecule has 0 aromatic rings. The molecule has 0 spiro atoms. The lowest BCUT2D eigenvalue weighted by Gasteiger charge is -2.58. The van der Waals surface area contributed by atoms with Crippen molar-refractivity contribution < 1.29 is 15.0 Å². The fraction of sp³-hybridized carbons (Fsp3) is 0.762. The average Bonchev–Trinajstić information content (AvgIpc) is 2.82. The Morgan fingerprint density at radius 1 is 1.17 bits per heavy atom. The summed E-state index contributed by atoms with van der Waals surface area (Å²) in [6.45, 7) is 4.39. The molecule has 3 saturated carbocycles. The normalized spacial score (nSPS) is 53.5. The lowest BCUT2D eigenvalue weighted by molar-refractivity contribution is -0.145. The number of hydrogen-bond donors (Lipinski definition) is 2. The number of ketones is 1. The maximum Gasteiger partial charge on any atom is 0.140 e. The van der Waals surface area contributed by atoms with Gasteiger partial charge in [-0.25, -0.2) is 0 Å². The summed E-state index contributed by atoms with van der Waals surface area (Å²) in [5.74, 6) is 3.50. The standard InChI is InChI=1S/C21H28O3/c1-4-21(24)10-7-16-18-15(6-9-20(16,21)3)19(2)8-5-14(22)11-13(19)12-17(18)23/h1,11,14-16,18,22,24H,5-10,12H2,2-3H3/t14?,15-,16+,18-,19+,20+,21?/m1/s1. The molecule has 4 rings (SSSR count). The third kappa shape index (κ3) is 1.85. The van der Waals surface area contributed by atoms with Crippen LogP contribution < -0.4 is 0 Å². The van der Waals surface area contributed by atoms with Crippen LogP contribution in [0.25, 0.3) is 0 Å². The van der Waals surface area contributed by atoms with Crippen molar-refractivity contribution >= 4 is 5.78 Å². The molecule has 2 unspecified atom stereocenters. The number of carbonyl (C=O) groups excluding carboxylic acids is 1. The number of hydrogen-bond acceptors (Lipinski definition) is 3. The topological polar surface area (TPSA) is 57.5 Å². The summed E-state index contributed by atoms with van der Waals surface area (Å²) in [6.07, 6.45) is 12.7. The lowest BCUT2D eigenvalue weighted by Crippen LogP contribution is -2.57. The van der Waals surface area contributed by atoms with Gasteiger partial charge in [-0.3, -0.25) is 4.79 Å². The van der Waals surface area contributed by atoms with Crippen molar-refractivity contribution in [2.75, 3.05) is 0 Å². The zero-order valence-electron chi connectivity index (χ0n) is 14.7. The van der Waals surface area contributed by atoms with Crippen LogP contribution in [0.15, 0.2) is 11.6 Å². The van der Waals surface area contributed by atoms with Gasteiger partial charge in [-0.2, -0.15) is 0 Å². The predicted molar refractivity (Wildman–Crippen MR) is 91.9 cm³/mol. The number of aliphatic hydroxyl groups excluding tert-OH is 1. The van der Waals surface area contributed by atoms with E-state index in [-0.39, 0.29) is 22.7 Å². The van der Waals surface area contributed by atoms with Crippen LogP contribution >= 0.6 is 0 Å². The molecule has 2 N–H and O–H groups in total. The fourth-order valence-corrected chi connectivity index (χ4v) is 6.66. The van der Waals surface area contributed by atoms with Crippen molar-refractivity contribution in [1.82, 2.24) is 0 Å². The number of fused-ring (bicyclic) bond motifs is 5. The quantitative estimate of drug-likeness (QED) is 0.531. The first-order valence-electron chi connectivity index (χ1n) is 9.37. The molecule has 3 fully saturated rings. The van der Waals surface area contributed by atoms with Gasteiger partial charge >= 0.3 is 0 Å². The molecule has 4 aliphatic rings. The Balaban J connectivity index is 1.75. The molecule has 3 heteroatoms. The number of allylic oxidation sites excluding steroid dienone is 1. The van der Waals surface area contributed by atoms with Crippen molar-refractivity contribution in [1.29, 1.82) is 0 Å². The molecule has 130 valence electrons. The summed E-state index contributed by atoms with van der Waals surface area (Å²) in [6, 6.07) is 0. The molecule has 4 aliphatic carbocycles. The van der Waals surface area contributed by atoms with E-state index in [9.17, 15) is 15.0 Å². The van der Waals surface area contributed by atoms with Crippen molar-refractivity contribution in [3.63, 3.8) is 0 Å². The average molecular weight is 328 g/mol. The van der Waals surface area contributed by atoms with Gasteiger partial charge in [0.1, 0.15) is 11.4 Å². The SMILES string of the molecule is C#CC1(O)CC[C@H]2[C@@H]3C(=O)CC4=CC(O)CC[C@]4(C)[C@@H]3CC[C@@]21C. The van der Waals surface area contributed by atoms with Crippen LogP contribution in [0.1, 0.15) is 58.8 Å². The van der Waals surface area contributed by atoms with E-state index in [0.29, 0.717) is 24.5 Å². The summed E-state index contributed by atoms with van der Waals surface area (Å²) in [7, 11) is 0. The molecule has 0 heterocycles. The minimum atomic E-state index is -1.07. The van der Waals surface area contributed by atoms with E-state index in [0.717, 1.165) is 37.7 Å². The van der Waals surface area contributed by atoms with Gasteiger partial charge in [0.25, 0.3) is 0 Å². The van der Waals surface area contributed by atoms with Crippen molar-refractivity contribution in [2.24, 2.45) is 28.6 Å². The highest BCUT2D eigenvalue weighted by molar-refractivity contribution is 5.86. The molecule has 3 nitrogen and oxygen atoms in total. The fourth-order valence-electron chi connectivity index (χ4n) is 6.66. The van der Waals surface area contributed by atoms with Crippen LogP contribution in [0.4, 0.5) is 0 Å². The molecule has 7 atom stereocenters. The highest BCUT2D eigenvalue weighted by atomic mass is 16.3. The molecule has 0 aromatic heterocycles. The van der Waals surface area contributed by atoms with E-state index in [1.54, 1.807) is 0 Å². The highest BCUT2D eigenvalue weighted by Gasteiger charge is 2.65. The van der Waals surface area contributed by atoms with Crippen LogP contribution in [0.2, 0.25) is 0 Å². The summed E-state index contributed by atoms with van der Waals surface area (Å²) >= 11 is 0. The molecule has 0 radical (unpaired) electrons. The smallest absolute Gasteiger partial charge is 0.140 e. The van der Waals surface area contributed by atoms with Crippen LogP contribution in [0.5, 0.6) is 0 Å². The molecule has 0 aliphatic heterocycles. The third-order valence-electron chi connectivity index (χ3n) is 8.30. The van der Waals surface area contributed by atoms with Crippen LogP contribution in [-0.2, 0) is 4.79 Å². The van der Waals surface area contributed by atoms with Gasteiger partial charge in [0.05, 0.1) is 6.10 Å². The molecular weight excluding hydrogens is 300 g/mol. The van der Waals surface area contributed by atoms with Crippen LogP contribution in [0, 0.1) is 40.9 Å². The zero-order valence-corrected chi connectivity index (χ0v) is 14.7. The Hall–Kier alpha value is -1.11. The summed E-state index contributed by atoms with van der Waals surface area (Å²) in [5.41, 5.74) is -0.232. The van der Waals surface area contributed by atoms with E-state index < -0.39 is 11.7 Å². The Morgan fingerprint density at radius 2 is 1.88 bits per heavy atom. The maximum atomic E-state index is 13.1. The Kier molecular flexibility index (Phi) is 3.38. The van der Waals surface area contributed by atoms with E-state index in [2.05, 4.69) is 19.8 Å². The van der Waals surface area contributed by atoms with Gasteiger partial charge in [-0.1, -0.05) is 31.4 Å². The molecule has 24 heavy (non-hydrogen) atoms. The second kappa shape index (κ2) is 4.96. The Labute approximate surface area is 144 Å². The van der Waals surface area contributed by atoms with Gasteiger partial charge in [0.2, 0.25) is 0 Å². The monoisotopic (exact) mass is 328 g/mol. The third-order valence-corrected chi connectivity index (χ3v) is 8.30. The van der Waals surface area contributed by atoms with Gasteiger partial charge in [0.15, 0.2) is 0 Å². The minimum Gasteiger partial charge on any atom is -0.389 e. The minimum absolute atomic E-state index is 0.0171. The predicted octanol–water partition coefficient (Wildman–Crippen LogP) is 2.85. The number of terminal acetylenes is 1. The van der Waals surface area contributed by atoms with Gasteiger partial charge in [0, 0.05) is 17.8 Å². The maximum absolute atomic E-state index is 13.1. The highest BCUT2D eigenvalue weighted by Crippen LogP contribution is 2.66. The number of Topliss-reactive ketones (excluding diaryl/α,β-unsaturated/α-hetero) is 1. The molecule has 0 saturated heterocycles. The zero-order chi connectivity index (χ0) is 17.3. The molecular formula is C21H28O3. The Bertz CT molecular complexity index is 658. The van der Waals surface area contributed by atoms with E-state index in [1.807, 2.05) is 6.08 Å². The largest absolute Gasteiger partial charge is 0.389 e. The van der Waals surface area contributed by atoms with E-state index >= 15 is 0 Å². The van der Waals surface area contributed by atoms with Gasteiger partial charge < -0.3 is 10.2 Å². The van der Waals surface area contributed by atoms with Crippen LogP contribution in [0.3, 0.4) is 0 Å². The molecule has 0 aromatic carbocycles. The summed E-state index contributed by atoms with van der Waals surface area (Å²) in [4.78, 5) is 13.1. The summed E-state index contributed by atoms with van der Waals surface area (Å²) < 4.78 is 0. The first-order chi connectivity index (χ1) is 11.2.